The van der Waals surface area contributed by atoms with Gasteiger partial charge in [-0.05, 0) is 60.9 Å². The van der Waals surface area contributed by atoms with Gasteiger partial charge in [0.15, 0.2) is 0 Å². The van der Waals surface area contributed by atoms with Crippen LogP contribution in [0.5, 0.6) is 0 Å². The summed E-state index contributed by atoms with van der Waals surface area (Å²) >= 11 is 0. The number of nitrogens with zero attached hydrogens (tertiary/aromatic N) is 1. The lowest BCUT2D eigenvalue weighted by atomic mass is 10.0. The largest absolute Gasteiger partial charge is 0.478 e. The van der Waals surface area contributed by atoms with E-state index in [0.29, 0.717) is 17.8 Å². The number of benzene rings is 3. The van der Waals surface area contributed by atoms with E-state index >= 15 is 0 Å². The van der Waals surface area contributed by atoms with Crippen LogP contribution in [0.15, 0.2) is 77.8 Å². The fourth-order valence-corrected chi connectivity index (χ4v) is 3.17. The highest BCUT2D eigenvalue weighted by molar-refractivity contribution is 6.02. The van der Waals surface area contributed by atoms with Crippen LogP contribution in [0.1, 0.15) is 38.8 Å². The summed E-state index contributed by atoms with van der Waals surface area (Å²) in [6, 6.07) is 20.1. The minimum atomic E-state index is -1.24. The van der Waals surface area contributed by atoms with E-state index in [1.54, 1.807) is 31.2 Å². The van der Waals surface area contributed by atoms with E-state index < -0.39 is 24.1 Å². The molecular formula is C26H22N2O7. The fourth-order valence-electron chi connectivity index (χ4n) is 3.17. The van der Waals surface area contributed by atoms with Gasteiger partial charge in [0, 0.05) is 5.69 Å². The number of carbonyl (C=O) groups excluding carboxylic acids is 3. The SMILES string of the molecule is CC(COC(=O)c1ccccc1C(=O)O)OC(=O)Nc1ccc(Cc2ccc(N=C=O)cc2)cc1. The first-order chi connectivity index (χ1) is 16.9. The second-order valence-electron chi connectivity index (χ2n) is 7.53. The van der Waals surface area contributed by atoms with Crippen LogP contribution in [0.4, 0.5) is 16.2 Å². The lowest BCUT2D eigenvalue weighted by Gasteiger charge is -2.15. The zero-order valence-corrected chi connectivity index (χ0v) is 18.8. The number of carboxylic acid groups (broad SMARTS) is 1. The normalized spacial score (nSPS) is 11.0. The monoisotopic (exact) mass is 474 g/mol. The molecule has 0 aliphatic rings. The lowest BCUT2D eigenvalue weighted by molar-refractivity contribution is 0.0245. The van der Waals surface area contributed by atoms with E-state index in [2.05, 4.69) is 10.3 Å². The highest BCUT2D eigenvalue weighted by atomic mass is 16.6. The minimum Gasteiger partial charge on any atom is -0.478 e. The topological polar surface area (TPSA) is 131 Å². The lowest BCUT2D eigenvalue weighted by Crippen LogP contribution is -2.25. The number of isocyanates is 1. The maximum Gasteiger partial charge on any atom is 0.412 e. The van der Waals surface area contributed by atoms with E-state index in [1.807, 2.05) is 24.3 Å². The Labute approximate surface area is 201 Å². The van der Waals surface area contributed by atoms with Crippen LogP contribution in [0.25, 0.3) is 0 Å². The molecule has 0 saturated carbocycles. The maximum atomic E-state index is 12.2. The third-order valence-electron chi connectivity index (χ3n) is 4.85. The van der Waals surface area contributed by atoms with Crippen LogP contribution >= 0.6 is 0 Å². The van der Waals surface area contributed by atoms with Crippen molar-refractivity contribution >= 4 is 35.5 Å². The first-order valence-corrected chi connectivity index (χ1v) is 10.6. The summed E-state index contributed by atoms with van der Waals surface area (Å²) in [6.07, 6.45) is 0.670. The van der Waals surface area contributed by atoms with Gasteiger partial charge in [0.25, 0.3) is 0 Å². The third-order valence-corrected chi connectivity index (χ3v) is 4.85. The predicted molar refractivity (Wildman–Crippen MR) is 127 cm³/mol. The molecule has 1 atom stereocenters. The molecule has 0 bridgehead atoms. The van der Waals surface area contributed by atoms with Crippen molar-refractivity contribution in [3.05, 3.63) is 95.1 Å². The van der Waals surface area contributed by atoms with Crippen molar-refractivity contribution in [3.63, 3.8) is 0 Å². The molecule has 1 amide bonds. The molecule has 1 unspecified atom stereocenters. The molecule has 0 aromatic heterocycles. The minimum absolute atomic E-state index is 0.0813. The van der Waals surface area contributed by atoms with Gasteiger partial charge in [-0.1, -0.05) is 36.4 Å². The summed E-state index contributed by atoms with van der Waals surface area (Å²) in [5.41, 5.74) is 2.85. The third kappa shape index (κ3) is 7.38. The molecule has 35 heavy (non-hydrogen) atoms. The first-order valence-electron chi connectivity index (χ1n) is 10.6. The Bertz CT molecular complexity index is 1250. The molecule has 2 N–H and O–H groups in total. The number of nitrogens with one attached hydrogen (secondary N) is 1. The highest BCUT2D eigenvalue weighted by Gasteiger charge is 2.19. The van der Waals surface area contributed by atoms with E-state index in [9.17, 15) is 19.2 Å². The van der Waals surface area contributed by atoms with Crippen molar-refractivity contribution in [1.29, 1.82) is 0 Å². The molecule has 9 nitrogen and oxygen atoms in total. The van der Waals surface area contributed by atoms with Gasteiger partial charge >= 0.3 is 18.0 Å². The van der Waals surface area contributed by atoms with E-state index in [-0.39, 0.29) is 17.7 Å². The summed E-state index contributed by atoms with van der Waals surface area (Å²) in [6.45, 7) is 1.31. The van der Waals surface area contributed by atoms with E-state index in [0.717, 1.165) is 11.1 Å². The van der Waals surface area contributed by atoms with Gasteiger partial charge in [-0.25, -0.2) is 19.2 Å². The molecule has 0 saturated heterocycles. The average molecular weight is 474 g/mol. The molecule has 0 aliphatic heterocycles. The number of rotatable bonds is 9. The Hall–Kier alpha value is -4.75. The summed E-state index contributed by atoms with van der Waals surface area (Å²) < 4.78 is 10.3. The van der Waals surface area contributed by atoms with Crippen molar-refractivity contribution in [2.75, 3.05) is 11.9 Å². The second-order valence-corrected chi connectivity index (χ2v) is 7.53. The van der Waals surface area contributed by atoms with Crippen LogP contribution in [-0.4, -0.2) is 41.9 Å². The van der Waals surface area contributed by atoms with E-state index in [1.165, 1.54) is 30.3 Å². The van der Waals surface area contributed by atoms with Crippen LogP contribution in [0.2, 0.25) is 0 Å². The smallest absolute Gasteiger partial charge is 0.412 e. The van der Waals surface area contributed by atoms with Gasteiger partial charge in [-0.2, -0.15) is 4.99 Å². The number of anilines is 1. The molecule has 0 heterocycles. The zero-order valence-electron chi connectivity index (χ0n) is 18.8. The maximum absolute atomic E-state index is 12.2. The number of hydrogen-bond acceptors (Lipinski definition) is 7. The van der Waals surface area contributed by atoms with Crippen LogP contribution in [0, 0.1) is 0 Å². The molecule has 0 spiro atoms. The standard InChI is InChI=1S/C26H22N2O7/c1-17(15-34-25(32)23-5-3-2-4-22(23)24(30)31)35-26(33)28-21-12-8-19(9-13-21)14-18-6-10-20(11-7-18)27-16-29/h2-13,17H,14-15H2,1H3,(H,28,33)(H,30,31). The van der Waals surface area contributed by atoms with Gasteiger partial charge in [-0.3, -0.25) is 5.32 Å². The van der Waals surface area contributed by atoms with Gasteiger partial charge in [-0.15, -0.1) is 0 Å². The van der Waals surface area contributed by atoms with Crippen molar-refractivity contribution < 1.29 is 33.8 Å². The Morgan fingerprint density at radius 2 is 1.54 bits per heavy atom. The second kappa shape index (κ2) is 11.9. The summed E-state index contributed by atoms with van der Waals surface area (Å²) in [5, 5.41) is 11.8. The molecular weight excluding hydrogens is 452 g/mol. The number of hydrogen-bond donors (Lipinski definition) is 2. The number of aromatic carboxylic acids is 1. The van der Waals surface area contributed by atoms with E-state index in [4.69, 9.17) is 14.6 Å². The Balaban J connectivity index is 1.47. The Morgan fingerprint density at radius 3 is 2.14 bits per heavy atom. The van der Waals surface area contributed by atoms with Gasteiger partial charge in [0.05, 0.1) is 16.8 Å². The van der Waals surface area contributed by atoms with Crippen molar-refractivity contribution in [3.8, 4) is 0 Å². The van der Waals surface area contributed by atoms with Gasteiger partial charge in [0.2, 0.25) is 6.08 Å². The Morgan fingerprint density at radius 1 is 0.943 bits per heavy atom. The van der Waals surface area contributed by atoms with Crippen molar-refractivity contribution in [1.82, 2.24) is 0 Å². The number of amides is 1. The number of ether oxygens (including phenoxy) is 2. The molecule has 0 aliphatic carbocycles. The van der Waals surface area contributed by atoms with Crippen LogP contribution < -0.4 is 5.32 Å². The average Bonchev–Trinajstić information content (AvgIpc) is 2.85. The molecule has 0 fully saturated rings. The fraction of sp³-hybridized carbons (Fsp3) is 0.154. The van der Waals surface area contributed by atoms with Gasteiger partial charge < -0.3 is 14.6 Å². The van der Waals surface area contributed by atoms with Crippen molar-refractivity contribution in [2.24, 2.45) is 4.99 Å². The molecule has 3 rings (SSSR count). The number of carbonyl (C=O) groups is 3. The summed E-state index contributed by atoms with van der Waals surface area (Å²) in [5.74, 6) is -2.06. The predicted octanol–water partition coefficient (Wildman–Crippen LogP) is 4.74. The quantitative estimate of drug-likeness (QED) is 0.260. The summed E-state index contributed by atoms with van der Waals surface area (Å²) in [7, 11) is 0. The van der Waals surface area contributed by atoms with Gasteiger partial charge in [0.1, 0.15) is 12.7 Å². The first kappa shape index (κ1) is 24.9. The molecule has 3 aromatic carbocycles. The molecule has 178 valence electrons. The number of esters is 1. The molecule has 3 aromatic rings. The van der Waals surface area contributed by atoms with Crippen molar-refractivity contribution in [2.45, 2.75) is 19.4 Å². The molecule has 9 heteroatoms. The number of aliphatic imine (C=N–C) groups is 1. The zero-order chi connectivity index (χ0) is 25.2. The highest BCUT2D eigenvalue weighted by Crippen LogP contribution is 2.17. The Kier molecular flexibility index (Phi) is 8.48. The number of carboxylic acids is 1. The van der Waals surface area contributed by atoms with Crippen LogP contribution in [0.3, 0.4) is 0 Å². The molecule has 0 radical (unpaired) electrons. The summed E-state index contributed by atoms with van der Waals surface area (Å²) in [4.78, 5) is 49.4. The van der Waals surface area contributed by atoms with Crippen LogP contribution in [-0.2, 0) is 20.7 Å².